The number of hydrogen-bond acceptors (Lipinski definition) is 6. The van der Waals surface area contributed by atoms with Crippen LogP contribution in [-0.4, -0.2) is 47.5 Å². The molecule has 2 aromatic carbocycles. The van der Waals surface area contributed by atoms with Crippen LogP contribution in [-0.2, 0) is 4.79 Å². The topological polar surface area (TPSA) is 95.6 Å². The number of aromatic nitrogens is 1. The Morgan fingerprint density at radius 1 is 1.14 bits per heavy atom. The Labute approximate surface area is 218 Å². The molecule has 0 aliphatic carbocycles. The highest BCUT2D eigenvalue weighted by Crippen LogP contribution is 2.51. The molecule has 3 amide bonds. The molecule has 2 unspecified atom stereocenters. The average Bonchev–Trinajstić information content (AvgIpc) is 3.25. The molecule has 3 aliphatic heterocycles. The van der Waals surface area contributed by atoms with Gasteiger partial charge >= 0.3 is 6.03 Å². The summed E-state index contributed by atoms with van der Waals surface area (Å²) in [5.74, 6) is 1.17. The van der Waals surface area contributed by atoms with Gasteiger partial charge in [-0.1, -0.05) is 30.0 Å². The molecule has 3 aliphatic rings. The van der Waals surface area contributed by atoms with E-state index in [0.717, 1.165) is 16.9 Å². The number of rotatable bonds is 5. The van der Waals surface area contributed by atoms with Gasteiger partial charge in [0.15, 0.2) is 0 Å². The fourth-order valence-electron chi connectivity index (χ4n) is 5.11. The monoisotopic (exact) mass is 519 g/mol. The minimum Gasteiger partial charge on any atom is -0.457 e. The first kappa shape index (κ1) is 23.7. The summed E-state index contributed by atoms with van der Waals surface area (Å²) in [6.07, 6.45) is 0.947. The van der Waals surface area contributed by atoms with Crippen LogP contribution >= 0.6 is 11.8 Å². The Balaban J connectivity index is 1.26. The predicted molar refractivity (Wildman–Crippen MR) is 139 cm³/mol. The average molecular weight is 520 g/mol. The third-order valence-corrected chi connectivity index (χ3v) is 8.08. The summed E-state index contributed by atoms with van der Waals surface area (Å²) in [4.78, 5) is 32.8. The van der Waals surface area contributed by atoms with Crippen molar-refractivity contribution < 1.29 is 18.7 Å². The summed E-state index contributed by atoms with van der Waals surface area (Å²) in [6, 6.07) is 15.8. The molecule has 1 fully saturated rings. The highest BCUT2D eigenvalue weighted by Gasteiger charge is 2.47. The van der Waals surface area contributed by atoms with Crippen LogP contribution in [0.5, 0.6) is 11.5 Å². The van der Waals surface area contributed by atoms with E-state index in [9.17, 15) is 14.0 Å². The number of thioether (sulfide) groups is 1. The number of nitrogens with zero attached hydrogens (tertiary/aromatic N) is 2. The van der Waals surface area contributed by atoms with Crippen molar-refractivity contribution in [3.8, 4) is 11.5 Å². The van der Waals surface area contributed by atoms with Crippen molar-refractivity contribution in [3.05, 3.63) is 71.9 Å². The summed E-state index contributed by atoms with van der Waals surface area (Å²) >= 11 is 1.33. The van der Waals surface area contributed by atoms with Crippen LogP contribution in [0.3, 0.4) is 0 Å². The number of aryl methyl sites for hydroxylation is 1. The predicted octanol–water partition coefficient (Wildman–Crippen LogP) is 4.38. The van der Waals surface area contributed by atoms with Crippen molar-refractivity contribution in [2.75, 3.05) is 18.0 Å². The Bertz CT molecular complexity index is 1360. The largest absolute Gasteiger partial charge is 0.457 e. The lowest BCUT2D eigenvalue weighted by atomic mass is 9.98. The first-order valence-electron chi connectivity index (χ1n) is 12.2. The van der Waals surface area contributed by atoms with Gasteiger partial charge in [0.05, 0.1) is 17.4 Å². The van der Waals surface area contributed by atoms with Crippen molar-refractivity contribution in [3.63, 3.8) is 0 Å². The molecule has 1 saturated heterocycles. The van der Waals surface area contributed by atoms with Crippen molar-refractivity contribution >= 4 is 35.1 Å². The zero-order valence-electron chi connectivity index (χ0n) is 20.1. The van der Waals surface area contributed by atoms with Crippen LogP contribution in [0.2, 0.25) is 0 Å². The number of halogens is 1. The number of carbonyl (C=O) groups is 2. The maximum Gasteiger partial charge on any atom is 0.327 e. The third kappa shape index (κ3) is 4.51. The maximum absolute atomic E-state index is 13.8. The molecule has 37 heavy (non-hydrogen) atoms. The molecule has 1 aromatic heterocycles. The zero-order valence-corrected chi connectivity index (χ0v) is 20.9. The molecular weight excluding hydrogens is 493 g/mol. The molecule has 10 heteroatoms. The summed E-state index contributed by atoms with van der Waals surface area (Å²) in [5, 5.41) is 9.11. The zero-order chi connectivity index (χ0) is 25.5. The smallest absolute Gasteiger partial charge is 0.327 e. The van der Waals surface area contributed by atoms with E-state index in [0.29, 0.717) is 35.2 Å². The molecule has 0 saturated carbocycles. The second-order valence-electron chi connectivity index (χ2n) is 9.41. The van der Waals surface area contributed by atoms with Crippen LogP contribution < -0.4 is 25.6 Å². The third-order valence-electron chi connectivity index (χ3n) is 6.80. The number of urea groups is 1. The van der Waals surface area contributed by atoms with E-state index in [-0.39, 0.29) is 24.4 Å². The highest BCUT2D eigenvalue weighted by atomic mass is 32.2. The van der Waals surface area contributed by atoms with Crippen molar-refractivity contribution in [2.45, 2.75) is 41.9 Å². The van der Waals surface area contributed by atoms with E-state index in [4.69, 9.17) is 4.74 Å². The quantitative estimate of drug-likeness (QED) is 0.463. The first-order chi connectivity index (χ1) is 18.0. The molecule has 4 atom stereocenters. The number of benzene rings is 2. The normalized spacial score (nSPS) is 24.3. The minimum atomic E-state index is -0.989. The van der Waals surface area contributed by atoms with Crippen LogP contribution in [0.15, 0.2) is 65.8 Å². The van der Waals surface area contributed by atoms with E-state index < -0.39 is 17.5 Å². The number of alkyl halides is 1. The molecule has 0 spiro atoms. The van der Waals surface area contributed by atoms with E-state index in [1.54, 1.807) is 17.2 Å². The van der Waals surface area contributed by atoms with Gasteiger partial charge in [0.1, 0.15) is 27.9 Å². The molecule has 0 bridgehead atoms. The summed E-state index contributed by atoms with van der Waals surface area (Å²) in [5.41, 5.74) is 3.09. The van der Waals surface area contributed by atoms with Crippen LogP contribution in [0.1, 0.15) is 23.6 Å². The Morgan fingerprint density at radius 2 is 1.97 bits per heavy atom. The number of anilines is 2. The lowest BCUT2D eigenvalue weighted by molar-refractivity contribution is -0.121. The highest BCUT2D eigenvalue weighted by molar-refractivity contribution is 8.01. The number of pyridine rings is 1. The van der Waals surface area contributed by atoms with Crippen LogP contribution in [0.4, 0.5) is 20.6 Å². The first-order valence-corrected chi connectivity index (χ1v) is 13.1. The number of piperidine rings is 1. The second kappa shape index (κ2) is 9.68. The van der Waals surface area contributed by atoms with Gasteiger partial charge in [0, 0.05) is 37.3 Å². The molecule has 190 valence electrons. The van der Waals surface area contributed by atoms with Gasteiger partial charge in [-0.05, 0) is 48.9 Å². The van der Waals surface area contributed by atoms with E-state index in [2.05, 4.69) is 20.9 Å². The van der Waals surface area contributed by atoms with Gasteiger partial charge < -0.3 is 20.7 Å². The fourth-order valence-corrected chi connectivity index (χ4v) is 6.35. The molecule has 3 N–H and O–H groups in total. The summed E-state index contributed by atoms with van der Waals surface area (Å²) in [6.45, 7) is 2.75. The molecule has 4 heterocycles. The number of ether oxygens (including phenoxy) is 1. The maximum atomic E-state index is 13.8. The van der Waals surface area contributed by atoms with Gasteiger partial charge in [-0.15, -0.1) is 0 Å². The number of hydrogen-bond donors (Lipinski definition) is 3. The lowest BCUT2D eigenvalue weighted by Gasteiger charge is -2.35. The SMILES string of the molecule is Cc1cc(Oc2ccccc2)ccc1N1C(=O)NC2c3c1ccnc3SC2C(=O)N[C@H]1CNC[C@H](F)C1. The number of nitrogens with one attached hydrogen (secondary N) is 3. The van der Waals surface area contributed by atoms with Crippen LogP contribution in [0.25, 0.3) is 0 Å². The summed E-state index contributed by atoms with van der Waals surface area (Å²) < 4.78 is 19.8. The standard InChI is InChI=1S/C27H26FN5O3S/c1-15-11-19(36-18-5-3-2-4-6-18)7-8-20(15)33-21-9-10-30-26-22(21)23(32-27(33)35)24(37-26)25(34)31-17-12-16(28)13-29-14-17/h2-11,16-17,23-24,29H,12-14H2,1H3,(H,31,34)(H,32,35)/t16-,17-,23?,24?/m1/s1. The van der Waals surface area contributed by atoms with Gasteiger partial charge in [0.2, 0.25) is 5.91 Å². The lowest BCUT2D eigenvalue weighted by Crippen LogP contribution is -2.54. The molecular formula is C27H26FN5O3S. The van der Waals surface area contributed by atoms with E-state index >= 15 is 0 Å². The van der Waals surface area contributed by atoms with Crippen LogP contribution in [0, 0.1) is 6.92 Å². The second-order valence-corrected chi connectivity index (χ2v) is 10.5. The van der Waals surface area contributed by atoms with E-state index in [1.807, 2.05) is 55.5 Å². The fraction of sp³-hybridized carbons (Fsp3) is 0.296. The van der Waals surface area contributed by atoms with Crippen molar-refractivity contribution in [1.29, 1.82) is 0 Å². The summed E-state index contributed by atoms with van der Waals surface area (Å²) in [7, 11) is 0. The number of amides is 3. The Morgan fingerprint density at radius 3 is 2.76 bits per heavy atom. The van der Waals surface area contributed by atoms with Gasteiger partial charge in [-0.3, -0.25) is 9.69 Å². The molecule has 8 nitrogen and oxygen atoms in total. The minimum absolute atomic E-state index is 0.229. The van der Waals surface area contributed by atoms with E-state index in [1.165, 1.54) is 11.8 Å². The number of para-hydroxylation sites is 1. The van der Waals surface area contributed by atoms with Crippen molar-refractivity contribution in [1.82, 2.24) is 20.9 Å². The number of carbonyl (C=O) groups excluding carboxylic acids is 2. The molecule has 0 radical (unpaired) electrons. The van der Waals surface area contributed by atoms with Gasteiger partial charge in [-0.25, -0.2) is 14.2 Å². The Kier molecular flexibility index (Phi) is 6.21. The van der Waals surface area contributed by atoms with Gasteiger partial charge in [-0.2, -0.15) is 0 Å². The molecule has 6 rings (SSSR count). The Hall–Kier alpha value is -3.63. The van der Waals surface area contributed by atoms with Crippen molar-refractivity contribution in [2.24, 2.45) is 0 Å². The van der Waals surface area contributed by atoms with Gasteiger partial charge in [0.25, 0.3) is 0 Å². The molecule has 3 aromatic rings.